The Hall–Kier alpha value is -4.12. The standard InChI is InChI=1S/C48H80N6O23S/c1-23(57)51-35-27(60)18-48(46(68)69,76-42(35)37(64)28(61)21-72-25(3)59)77-43-38(65)29(19-55)73-45(40(43)67)75-41-30(20-56)74-44(36(39(41)66)52-24(2)58)71-17-11-5-10-16-50-32(62)13-6-4-9-15-49-33(63)14-8-7-12-31-34-26(22-78-31)53-47(70)54-34/h26-31,34-45,55-56,60-61,64-67H,4-22H2,1-3H3,(H,49,63)(H,50,62)(H,51,57)(H,52,58)(H,68,69)(H2,53,54,70)/t26-,27-,28+,29+,30+,31-,34-,35+,36+,37+,38-,39+,40+,41+,42+,43-,44+,45-,48-/m0/s1. The number of thioether (sulfide) groups is 1. The van der Waals surface area contributed by atoms with E-state index in [9.17, 15) is 79.5 Å². The Balaban J connectivity index is 1.06. The van der Waals surface area contributed by atoms with E-state index in [0.717, 1.165) is 58.6 Å². The predicted octanol–water partition coefficient (Wildman–Crippen LogP) is -4.80. The molecule has 19 atom stereocenters. The van der Waals surface area contributed by atoms with Gasteiger partial charge in [-0.2, -0.15) is 11.8 Å². The van der Waals surface area contributed by atoms with Gasteiger partial charge in [-0.15, -0.1) is 0 Å². The van der Waals surface area contributed by atoms with Crippen LogP contribution in [0, 0.1) is 0 Å². The minimum Gasteiger partial charge on any atom is -0.477 e. The summed E-state index contributed by atoms with van der Waals surface area (Å²) in [6.45, 7) is 1.46. The van der Waals surface area contributed by atoms with Gasteiger partial charge in [0.2, 0.25) is 23.6 Å². The average molecular weight is 1140 g/mol. The van der Waals surface area contributed by atoms with E-state index >= 15 is 0 Å². The Bertz CT molecular complexity index is 1990. The Morgan fingerprint density at radius 3 is 1.99 bits per heavy atom. The molecule has 15 N–H and O–H groups in total. The van der Waals surface area contributed by atoms with Crippen molar-refractivity contribution in [3.63, 3.8) is 0 Å². The molecule has 0 aliphatic carbocycles. The number of hydrogen-bond acceptors (Lipinski definition) is 23. The van der Waals surface area contributed by atoms with Gasteiger partial charge < -0.3 is 111 Å². The lowest BCUT2D eigenvalue weighted by molar-refractivity contribution is -0.382. The molecule has 29 nitrogen and oxygen atoms in total. The summed E-state index contributed by atoms with van der Waals surface area (Å²) in [6, 6.07) is -2.75. The summed E-state index contributed by atoms with van der Waals surface area (Å²) in [6.07, 6.45) is -18.5. The minimum absolute atomic E-state index is 0.000776. The molecule has 78 heavy (non-hydrogen) atoms. The molecule has 0 aromatic rings. The number of urea groups is 1. The third-order valence-corrected chi connectivity index (χ3v) is 15.5. The van der Waals surface area contributed by atoms with E-state index in [-0.39, 0.29) is 36.5 Å². The number of carbonyl (C=O) groups is 7. The summed E-state index contributed by atoms with van der Waals surface area (Å²) < 4.78 is 39.6. The summed E-state index contributed by atoms with van der Waals surface area (Å²) in [5.41, 5.74) is 0. The van der Waals surface area contributed by atoms with Gasteiger partial charge in [-0.25, -0.2) is 9.59 Å². The average Bonchev–Trinajstić information content (AvgIpc) is 4.03. The maximum absolute atomic E-state index is 13.0. The Labute approximate surface area is 454 Å². The van der Waals surface area contributed by atoms with E-state index in [1.54, 1.807) is 0 Å². The van der Waals surface area contributed by atoms with Crippen LogP contribution in [0.3, 0.4) is 0 Å². The van der Waals surface area contributed by atoms with E-state index in [2.05, 4.69) is 31.9 Å². The number of hydrogen-bond donors (Lipinski definition) is 15. The molecule has 30 heteroatoms. The first-order valence-corrected chi connectivity index (χ1v) is 27.5. The molecular weight excluding hydrogens is 1060 g/mol. The molecule has 5 aliphatic rings. The number of nitrogens with one attached hydrogen (secondary N) is 6. The van der Waals surface area contributed by atoms with Crippen molar-refractivity contribution in [1.29, 1.82) is 0 Å². The maximum Gasteiger partial charge on any atom is 0.364 e. The predicted molar refractivity (Wildman–Crippen MR) is 267 cm³/mol. The van der Waals surface area contributed by atoms with Gasteiger partial charge in [0.15, 0.2) is 12.6 Å². The fourth-order valence-corrected chi connectivity index (χ4v) is 11.5. The zero-order valence-electron chi connectivity index (χ0n) is 44.0. The van der Waals surface area contributed by atoms with Crippen molar-refractivity contribution in [2.45, 2.75) is 213 Å². The van der Waals surface area contributed by atoms with Crippen molar-refractivity contribution in [2.24, 2.45) is 0 Å². The molecule has 446 valence electrons. The monoisotopic (exact) mass is 1140 g/mol. The number of carboxylic acid groups (broad SMARTS) is 1. The van der Waals surface area contributed by atoms with E-state index in [0.29, 0.717) is 56.9 Å². The first-order valence-electron chi connectivity index (χ1n) is 26.5. The van der Waals surface area contributed by atoms with Crippen LogP contribution in [0.5, 0.6) is 0 Å². The van der Waals surface area contributed by atoms with Crippen molar-refractivity contribution >= 4 is 53.4 Å². The lowest BCUT2D eigenvalue weighted by atomic mass is 9.88. The summed E-state index contributed by atoms with van der Waals surface area (Å²) in [5, 5.41) is 116. The SMILES string of the molecule is CC(=O)N[C@H]1[C@H](OCCCCCNC(=O)CCCCCNC(=O)CCCC[C@@H]2SC[C@@H]3NC(=O)N[C@@H]32)O[C@H](CO)[C@@H](O[C@@H]2O[C@H](CO)[C@H](O)[C@H](O[C@]3(C(=O)O)C[C@H](O)[C@@H](NC(C)=O)[C@H]([C@H](O)[C@H](O)COC(C)=O)O3)[C@H]2O)[C@@H]1O. The Morgan fingerprint density at radius 2 is 1.37 bits per heavy atom. The number of carbonyl (C=O) groups excluding carboxylic acids is 6. The fourth-order valence-electron chi connectivity index (χ4n) is 9.98. The Kier molecular flexibility index (Phi) is 25.9. The van der Waals surface area contributed by atoms with E-state index in [4.69, 9.17) is 33.2 Å². The second-order valence-corrected chi connectivity index (χ2v) is 21.4. The third-order valence-electron chi connectivity index (χ3n) is 14.0. The summed E-state index contributed by atoms with van der Waals surface area (Å²) in [5.74, 6) is -6.59. The number of unbranched alkanes of at least 4 members (excludes halogenated alkanes) is 5. The molecule has 0 aromatic heterocycles. The van der Waals surface area contributed by atoms with Crippen molar-refractivity contribution < 1.29 is 113 Å². The van der Waals surface area contributed by atoms with Crippen LogP contribution < -0.4 is 31.9 Å². The summed E-state index contributed by atoms with van der Waals surface area (Å²) >= 11 is 1.85. The van der Waals surface area contributed by atoms with Gasteiger partial charge in [-0.1, -0.05) is 12.8 Å². The molecule has 0 spiro atoms. The van der Waals surface area contributed by atoms with Crippen molar-refractivity contribution in [2.75, 3.05) is 45.3 Å². The first-order chi connectivity index (χ1) is 37.1. The smallest absolute Gasteiger partial charge is 0.364 e. The highest BCUT2D eigenvalue weighted by Gasteiger charge is 2.60. The van der Waals surface area contributed by atoms with Crippen LogP contribution in [0.1, 0.15) is 97.8 Å². The second kappa shape index (κ2) is 31.2. The molecule has 5 fully saturated rings. The summed E-state index contributed by atoms with van der Waals surface area (Å²) in [7, 11) is 0. The summed E-state index contributed by atoms with van der Waals surface area (Å²) in [4.78, 5) is 85.2. The van der Waals surface area contributed by atoms with Crippen molar-refractivity contribution in [3.05, 3.63) is 0 Å². The Morgan fingerprint density at radius 1 is 0.756 bits per heavy atom. The molecule has 0 bridgehead atoms. The number of fused-ring (bicyclic) bond motifs is 1. The highest BCUT2D eigenvalue weighted by atomic mass is 32.2. The lowest BCUT2D eigenvalue weighted by Crippen LogP contribution is -2.71. The van der Waals surface area contributed by atoms with Gasteiger partial charge >= 0.3 is 18.0 Å². The number of ether oxygens (including phenoxy) is 7. The number of aliphatic hydroxyl groups is 8. The van der Waals surface area contributed by atoms with Crippen LogP contribution in [0.4, 0.5) is 4.79 Å². The molecule has 5 heterocycles. The van der Waals surface area contributed by atoms with Gasteiger partial charge in [0, 0.05) is 70.7 Å². The largest absolute Gasteiger partial charge is 0.477 e. The van der Waals surface area contributed by atoms with Crippen LogP contribution in [0.25, 0.3) is 0 Å². The van der Waals surface area contributed by atoms with Crippen LogP contribution in [-0.4, -0.2) is 248 Å². The van der Waals surface area contributed by atoms with Gasteiger partial charge in [0.05, 0.1) is 37.4 Å². The van der Waals surface area contributed by atoms with E-state index < -0.39 is 148 Å². The second-order valence-electron chi connectivity index (χ2n) is 20.1. The van der Waals surface area contributed by atoms with E-state index in [1.807, 2.05) is 11.8 Å². The normalized spacial score (nSPS) is 34.3. The fraction of sp³-hybridized carbons (Fsp3) is 0.854. The quantitative estimate of drug-likeness (QED) is 0.0176. The molecule has 5 rings (SSSR count). The van der Waals surface area contributed by atoms with Gasteiger partial charge in [-0.05, 0) is 44.9 Å². The molecule has 5 saturated heterocycles. The number of esters is 1. The van der Waals surface area contributed by atoms with Gasteiger partial charge in [0.25, 0.3) is 5.79 Å². The first kappa shape index (κ1) is 64.7. The molecule has 0 radical (unpaired) electrons. The van der Waals surface area contributed by atoms with Gasteiger partial charge in [-0.3, -0.25) is 24.0 Å². The van der Waals surface area contributed by atoms with Gasteiger partial charge in [0.1, 0.15) is 73.7 Å². The van der Waals surface area contributed by atoms with E-state index in [1.165, 1.54) is 0 Å². The molecule has 0 saturated carbocycles. The van der Waals surface area contributed by atoms with Crippen molar-refractivity contribution in [3.8, 4) is 0 Å². The van der Waals surface area contributed by atoms with Crippen molar-refractivity contribution in [1.82, 2.24) is 31.9 Å². The molecule has 0 aromatic carbocycles. The third kappa shape index (κ3) is 18.2. The zero-order valence-corrected chi connectivity index (χ0v) is 44.8. The van der Waals surface area contributed by atoms with Crippen LogP contribution in [0.2, 0.25) is 0 Å². The number of aliphatic hydroxyl groups excluding tert-OH is 8. The topological polar surface area (TPSA) is 438 Å². The number of amides is 6. The molecule has 5 aliphatic heterocycles. The number of rotatable bonds is 31. The van der Waals surface area contributed by atoms with Crippen LogP contribution >= 0.6 is 11.8 Å². The maximum atomic E-state index is 13.0. The molecule has 0 unspecified atom stereocenters. The molecular formula is C48H80N6O23S. The minimum atomic E-state index is -3.10. The zero-order chi connectivity index (χ0) is 57.3. The van der Waals surface area contributed by atoms with Crippen LogP contribution in [0.15, 0.2) is 0 Å². The van der Waals surface area contributed by atoms with Crippen LogP contribution in [-0.2, 0) is 61.9 Å². The lowest BCUT2D eigenvalue weighted by Gasteiger charge is -2.51. The molecule has 6 amide bonds. The number of carboxylic acids is 1. The highest BCUT2D eigenvalue weighted by molar-refractivity contribution is 8.00. The highest BCUT2D eigenvalue weighted by Crippen LogP contribution is 2.39. The number of aliphatic carboxylic acids is 1.